The average Bonchev–Trinajstić information content (AvgIpc) is 2.85. The number of tetrazole rings is 1. The Kier molecular flexibility index (Phi) is 2.73. The molecule has 0 fully saturated rings. The fraction of sp³-hybridized carbons (Fsp3) is 0.273. The second kappa shape index (κ2) is 4.53. The van der Waals surface area contributed by atoms with Crippen LogP contribution in [0.15, 0.2) is 24.3 Å². The number of hydrogen-bond donors (Lipinski definition) is 2. The van der Waals surface area contributed by atoms with Crippen molar-refractivity contribution in [2.75, 3.05) is 18.0 Å². The van der Waals surface area contributed by atoms with Crippen LogP contribution in [0.25, 0.3) is 0 Å². The summed E-state index contributed by atoms with van der Waals surface area (Å²) in [6.45, 7) is 2.08. The topological polar surface area (TPSA) is 86.8 Å². The van der Waals surface area contributed by atoms with Gasteiger partial charge in [0.2, 0.25) is 0 Å². The van der Waals surface area contributed by atoms with E-state index in [2.05, 4.69) is 25.9 Å². The first-order chi connectivity index (χ1) is 8.86. The summed E-state index contributed by atoms with van der Waals surface area (Å²) in [6.07, 6.45) is 0. The lowest BCUT2D eigenvalue weighted by molar-refractivity contribution is 0.0977. The maximum absolute atomic E-state index is 12.3. The van der Waals surface area contributed by atoms with E-state index >= 15 is 0 Å². The maximum atomic E-state index is 12.3. The van der Waals surface area contributed by atoms with E-state index in [-0.39, 0.29) is 11.7 Å². The van der Waals surface area contributed by atoms with Gasteiger partial charge in [-0.25, -0.2) is 0 Å². The van der Waals surface area contributed by atoms with Gasteiger partial charge in [0, 0.05) is 25.3 Å². The zero-order valence-electron chi connectivity index (χ0n) is 9.63. The molecule has 7 heteroatoms. The molecule has 1 aliphatic heterocycles. The predicted molar refractivity (Wildman–Crippen MR) is 64.0 cm³/mol. The molecule has 18 heavy (non-hydrogen) atoms. The van der Waals surface area contributed by atoms with Crippen LogP contribution in [0, 0.1) is 0 Å². The fourth-order valence-electron chi connectivity index (χ4n) is 2.04. The summed E-state index contributed by atoms with van der Waals surface area (Å²) in [6, 6.07) is 7.81. The summed E-state index contributed by atoms with van der Waals surface area (Å²) in [7, 11) is 0. The molecule has 2 aromatic rings. The van der Waals surface area contributed by atoms with Crippen molar-refractivity contribution >= 4 is 11.6 Å². The number of H-pyrrole nitrogens is 1. The number of nitrogens with zero attached hydrogens (tertiary/aromatic N) is 4. The number of benzene rings is 1. The van der Waals surface area contributed by atoms with Crippen molar-refractivity contribution in [3.05, 3.63) is 35.7 Å². The van der Waals surface area contributed by atoms with Gasteiger partial charge in [0.1, 0.15) is 0 Å². The molecule has 1 aromatic heterocycles. The van der Waals surface area contributed by atoms with Gasteiger partial charge in [-0.05, 0) is 16.8 Å². The van der Waals surface area contributed by atoms with Crippen molar-refractivity contribution in [2.24, 2.45) is 0 Å². The summed E-state index contributed by atoms with van der Waals surface area (Å²) in [5.41, 5.74) is 1.99. The summed E-state index contributed by atoms with van der Waals surface area (Å²) in [5, 5.41) is 16.5. The lowest BCUT2D eigenvalue weighted by Gasteiger charge is -2.20. The van der Waals surface area contributed by atoms with E-state index in [1.165, 1.54) is 0 Å². The Bertz CT molecular complexity index is 552. The highest BCUT2D eigenvalue weighted by Crippen LogP contribution is 2.22. The molecule has 1 aromatic carbocycles. The molecule has 1 amide bonds. The largest absolute Gasteiger partial charge is 0.311 e. The molecule has 2 N–H and O–H groups in total. The van der Waals surface area contributed by atoms with Crippen molar-refractivity contribution in [1.82, 2.24) is 25.9 Å². The Morgan fingerprint density at radius 2 is 2.22 bits per heavy atom. The quantitative estimate of drug-likeness (QED) is 0.734. The van der Waals surface area contributed by atoms with Crippen LogP contribution >= 0.6 is 0 Å². The maximum Gasteiger partial charge on any atom is 0.299 e. The zero-order chi connectivity index (χ0) is 12.4. The van der Waals surface area contributed by atoms with E-state index in [0.29, 0.717) is 6.54 Å². The SMILES string of the molecule is O=C(c1nn[nH]n1)N1CCNCc2ccccc21. The third-order valence-corrected chi connectivity index (χ3v) is 2.89. The molecule has 0 bridgehead atoms. The van der Waals surface area contributed by atoms with Crippen molar-refractivity contribution in [3.63, 3.8) is 0 Å². The smallest absolute Gasteiger partial charge is 0.299 e. The number of rotatable bonds is 1. The highest BCUT2D eigenvalue weighted by Gasteiger charge is 2.24. The highest BCUT2D eigenvalue weighted by atomic mass is 16.2. The summed E-state index contributed by atoms with van der Waals surface area (Å²) < 4.78 is 0. The third-order valence-electron chi connectivity index (χ3n) is 2.89. The van der Waals surface area contributed by atoms with Gasteiger partial charge in [0.05, 0.1) is 0 Å². The molecule has 1 aliphatic rings. The molecule has 92 valence electrons. The van der Waals surface area contributed by atoms with Gasteiger partial charge >= 0.3 is 0 Å². The second-order valence-corrected chi connectivity index (χ2v) is 4.00. The van der Waals surface area contributed by atoms with Gasteiger partial charge in [0.25, 0.3) is 11.7 Å². The van der Waals surface area contributed by atoms with E-state index in [1.54, 1.807) is 4.90 Å². The van der Waals surface area contributed by atoms with Gasteiger partial charge in [-0.15, -0.1) is 10.2 Å². The molecule has 0 saturated heterocycles. The highest BCUT2D eigenvalue weighted by molar-refractivity contribution is 6.03. The predicted octanol–water partition coefficient (Wildman–Crippen LogP) is -0.0503. The van der Waals surface area contributed by atoms with Gasteiger partial charge in [-0.1, -0.05) is 18.2 Å². The zero-order valence-corrected chi connectivity index (χ0v) is 9.63. The number of carbonyl (C=O) groups excluding carboxylic acids is 1. The Hall–Kier alpha value is -2.28. The Morgan fingerprint density at radius 1 is 1.33 bits per heavy atom. The molecule has 0 unspecified atom stereocenters. The summed E-state index contributed by atoms with van der Waals surface area (Å²) >= 11 is 0. The van der Waals surface area contributed by atoms with E-state index < -0.39 is 0 Å². The van der Waals surface area contributed by atoms with Crippen LogP contribution in [0.1, 0.15) is 16.2 Å². The van der Waals surface area contributed by atoms with Crippen LogP contribution in [-0.4, -0.2) is 39.6 Å². The number of anilines is 1. The summed E-state index contributed by atoms with van der Waals surface area (Å²) in [4.78, 5) is 14.0. The molecule has 0 radical (unpaired) electrons. The Labute approximate surface area is 103 Å². The first kappa shape index (κ1) is 10.8. The number of para-hydroxylation sites is 1. The molecule has 3 rings (SSSR count). The number of aromatic nitrogens is 4. The monoisotopic (exact) mass is 244 g/mol. The number of carbonyl (C=O) groups is 1. The normalized spacial score (nSPS) is 15.0. The minimum atomic E-state index is -0.236. The Balaban J connectivity index is 1.99. The van der Waals surface area contributed by atoms with Crippen molar-refractivity contribution in [3.8, 4) is 0 Å². The van der Waals surface area contributed by atoms with E-state index in [9.17, 15) is 4.79 Å². The minimum Gasteiger partial charge on any atom is -0.311 e. The average molecular weight is 244 g/mol. The number of aromatic amines is 1. The van der Waals surface area contributed by atoms with E-state index in [0.717, 1.165) is 24.3 Å². The first-order valence-electron chi connectivity index (χ1n) is 5.70. The Morgan fingerprint density at radius 3 is 3.06 bits per heavy atom. The molecular weight excluding hydrogens is 232 g/mol. The number of nitrogens with one attached hydrogen (secondary N) is 2. The first-order valence-corrected chi connectivity index (χ1v) is 5.70. The molecular formula is C11H12N6O. The van der Waals surface area contributed by atoms with Gasteiger partial charge in [0.15, 0.2) is 0 Å². The lowest BCUT2D eigenvalue weighted by atomic mass is 10.1. The molecule has 2 heterocycles. The van der Waals surface area contributed by atoms with Crippen LogP contribution in [-0.2, 0) is 6.54 Å². The van der Waals surface area contributed by atoms with Gasteiger partial charge in [-0.2, -0.15) is 5.21 Å². The van der Waals surface area contributed by atoms with Crippen molar-refractivity contribution < 1.29 is 4.79 Å². The van der Waals surface area contributed by atoms with Crippen LogP contribution in [0.2, 0.25) is 0 Å². The van der Waals surface area contributed by atoms with Gasteiger partial charge < -0.3 is 10.2 Å². The van der Waals surface area contributed by atoms with Crippen LogP contribution in [0.3, 0.4) is 0 Å². The van der Waals surface area contributed by atoms with E-state index in [4.69, 9.17) is 0 Å². The van der Waals surface area contributed by atoms with E-state index in [1.807, 2.05) is 24.3 Å². The minimum absolute atomic E-state index is 0.0895. The third kappa shape index (κ3) is 1.84. The molecule has 0 spiro atoms. The lowest BCUT2D eigenvalue weighted by Crippen LogP contribution is -2.35. The number of fused-ring (bicyclic) bond motifs is 1. The van der Waals surface area contributed by atoms with Crippen LogP contribution < -0.4 is 10.2 Å². The second-order valence-electron chi connectivity index (χ2n) is 4.00. The van der Waals surface area contributed by atoms with Crippen LogP contribution in [0.4, 0.5) is 5.69 Å². The van der Waals surface area contributed by atoms with Crippen LogP contribution in [0.5, 0.6) is 0 Å². The fourth-order valence-corrected chi connectivity index (χ4v) is 2.04. The van der Waals surface area contributed by atoms with Crippen molar-refractivity contribution in [1.29, 1.82) is 0 Å². The number of hydrogen-bond acceptors (Lipinski definition) is 5. The standard InChI is InChI=1S/C11H12N6O/c18-11(10-13-15-16-14-10)17-6-5-12-7-8-3-1-2-4-9(8)17/h1-4,12H,5-7H2,(H,13,14,15,16). The molecule has 0 aliphatic carbocycles. The van der Waals surface area contributed by atoms with Gasteiger partial charge in [-0.3, -0.25) is 4.79 Å². The number of amides is 1. The molecule has 7 nitrogen and oxygen atoms in total. The summed E-state index contributed by atoms with van der Waals surface area (Å²) in [5.74, 6) is -0.147. The van der Waals surface area contributed by atoms with Crippen molar-refractivity contribution in [2.45, 2.75) is 6.54 Å². The molecule has 0 atom stereocenters. The molecule has 0 saturated carbocycles.